The Labute approximate surface area is 115 Å². The molecule has 1 aromatic rings. The molecular weight excluding hydrogens is 265 g/mol. The Morgan fingerprint density at radius 2 is 2.35 bits per heavy atom. The third-order valence-corrected chi connectivity index (χ3v) is 3.40. The van der Waals surface area contributed by atoms with Crippen molar-refractivity contribution in [3.63, 3.8) is 0 Å². The van der Waals surface area contributed by atoms with Crippen molar-refractivity contribution in [2.24, 2.45) is 0 Å². The largest absolute Gasteiger partial charge is 0.340 e. The van der Waals surface area contributed by atoms with Crippen molar-refractivity contribution in [1.29, 1.82) is 0 Å². The lowest BCUT2D eigenvalue weighted by atomic mass is 10.1. The lowest BCUT2D eigenvalue weighted by Crippen LogP contribution is -2.38. The molecule has 108 valence electrons. The van der Waals surface area contributed by atoms with Crippen molar-refractivity contribution < 1.29 is 14.1 Å². The number of likely N-dealkylation sites (N-methyl/N-ethyl adjacent to an activating group) is 1. The number of nitrogens with zero attached hydrogens (tertiary/aromatic N) is 2. The molecule has 0 bridgehead atoms. The summed E-state index contributed by atoms with van der Waals surface area (Å²) in [4.78, 5) is 23.4. The van der Waals surface area contributed by atoms with Crippen molar-refractivity contribution in [2.75, 3.05) is 20.1 Å². The van der Waals surface area contributed by atoms with E-state index in [1.54, 1.807) is 7.05 Å². The molecule has 1 aromatic carbocycles. The van der Waals surface area contributed by atoms with Gasteiger partial charge < -0.3 is 10.2 Å². The molecule has 0 aromatic heterocycles. The molecule has 6 nitrogen and oxygen atoms in total. The molecule has 0 aliphatic carbocycles. The number of non-ortho nitro benzene ring substituents is 1. The van der Waals surface area contributed by atoms with E-state index in [0.717, 1.165) is 37.6 Å². The second-order valence-electron chi connectivity index (χ2n) is 4.90. The molecule has 7 heteroatoms. The zero-order chi connectivity index (χ0) is 14.7. The van der Waals surface area contributed by atoms with Crippen LogP contribution in [-0.2, 0) is 0 Å². The van der Waals surface area contributed by atoms with Crippen molar-refractivity contribution in [1.82, 2.24) is 10.2 Å². The van der Waals surface area contributed by atoms with E-state index in [9.17, 15) is 19.3 Å². The van der Waals surface area contributed by atoms with Gasteiger partial charge in [0.25, 0.3) is 11.6 Å². The summed E-state index contributed by atoms with van der Waals surface area (Å²) in [6.45, 7) is 1.42. The Kier molecular flexibility index (Phi) is 4.29. The van der Waals surface area contributed by atoms with E-state index in [4.69, 9.17) is 0 Å². The van der Waals surface area contributed by atoms with Gasteiger partial charge in [-0.3, -0.25) is 14.9 Å². The van der Waals surface area contributed by atoms with Crippen LogP contribution in [0.15, 0.2) is 18.2 Å². The first-order valence-corrected chi connectivity index (χ1v) is 6.42. The predicted octanol–water partition coefficient (Wildman–Crippen LogP) is 1.56. The van der Waals surface area contributed by atoms with Gasteiger partial charge in [-0.15, -0.1) is 0 Å². The molecule has 1 saturated heterocycles. The average Bonchev–Trinajstić information content (AvgIpc) is 2.90. The summed E-state index contributed by atoms with van der Waals surface area (Å²) in [5.74, 6) is -1.33. The maximum Gasteiger partial charge on any atom is 0.272 e. The summed E-state index contributed by atoms with van der Waals surface area (Å²) in [7, 11) is 1.60. The topological polar surface area (TPSA) is 75.5 Å². The molecule has 1 heterocycles. The van der Waals surface area contributed by atoms with Gasteiger partial charge >= 0.3 is 0 Å². The molecule has 1 aliphatic heterocycles. The van der Waals surface area contributed by atoms with E-state index in [1.165, 1.54) is 4.90 Å². The number of hydrogen-bond donors (Lipinski definition) is 1. The molecule has 1 atom stereocenters. The second-order valence-corrected chi connectivity index (χ2v) is 4.90. The summed E-state index contributed by atoms with van der Waals surface area (Å²) in [6, 6.07) is 3.30. The molecule has 1 fully saturated rings. The number of nitrogens with one attached hydrogen (secondary N) is 1. The molecule has 0 saturated carbocycles. The number of halogens is 1. The highest BCUT2D eigenvalue weighted by Gasteiger charge is 2.22. The van der Waals surface area contributed by atoms with Gasteiger partial charge in [0.05, 0.1) is 16.6 Å². The summed E-state index contributed by atoms with van der Waals surface area (Å²) in [5, 5.41) is 13.8. The van der Waals surface area contributed by atoms with Gasteiger partial charge in [0, 0.05) is 25.7 Å². The van der Waals surface area contributed by atoms with Gasteiger partial charge in [-0.2, -0.15) is 0 Å². The van der Waals surface area contributed by atoms with Crippen molar-refractivity contribution in [3.05, 3.63) is 39.7 Å². The van der Waals surface area contributed by atoms with Gasteiger partial charge in [0.1, 0.15) is 5.82 Å². The van der Waals surface area contributed by atoms with Gasteiger partial charge in [0.2, 0.25) is 0 Å². The third kappa shape index (κ3) is 3.11. The molecule has 1 unspecified atom stereocenters. The molecule has 1 aliphatic rings. The smallest absolute Gasteiger partial charge is 0.272 e. The fourth-order valence-corrected chi connectivity index (χ4v) is 2.32. The van der Waals surface area contributed by atoms with Crippen molar-refractivity contribution in [3.8, 4) is 0 Å². The Bertz CT molecular complexity index is 530. The van der Waals surface area contributed by atoms with Crippen LogP contribution in [0.25, 0.3) is 0 Å². The molecule has 20 heavy (non-hydrogen) atoms. The highest BCUT2D eigenvalue weighted by atomic mass is 19.1. The molecule has 2 rings (SSSR count). The van der Waals surface area contributed by atoms with E-state index in [-0.39, 0.29) is 17.3 Å². The van der Waals surface area contributed by atoms with Gasteiger partial charge in [-0.1, -0.05) is 0 Å². The normalized spacial score (nSPS) is 18.0. The number of amides is 1. The van der Waals surface area contributed by atoms with Crippen LogP contribution in [0.2, 0.25) is 0 Å². The number of carbonyl (C=O) groups excluding carboxylic acids is 1. The number of rotatable bonds is 4. The van der Waals surface area contributed by atoms with Crippen LogP contribution in [0.1, 0.15) is 23.2 Å². The van der Waals surface area contributed by atoms with Crippen LogP contribution in [0.4, 0.5) is 10.1 Å². The van der Waals surface area contributed by atoms with Crippen LogP contribution in [-0.4, -0.2) is 41.9 Å². The summed E-state index contributed by atoms with van der Waals surface area (Å²) in [6.07, 6.45) is 2.05. The molecule has 0 spiro atoms. The second kappa shape index (κ2) is 5.96. The standard InChI is InChI=1S/C13H16FN3O3/c1-16(8-9-3-2-6-15-9)13(18)11-5-4-10(17(19)20)7-12(11)14/h4-5,7,9,15H,2-3,6,8H2,1H3. The van der Waals surface area contributed by atoms with Crippen LogP contribution >= 0.6 is 0 Å². The van der Waals surface area contributed by atoms with Gasteiger partial charge in [-0.25, -0.2) is 4.39 Å². The number of nitro benzene ring substituents is 1. The number of nitro groups is 1. The minimum absolute atomic E-state index is 0.143. The van der Waals surface area contributed by atoms with E-state index < -0.39 is 16.6 Å². The van der Waals surface area contributed by atoms with Crippen LogP contribution < -0.4 is 5.32 Å². The maximum atomic E-state index is 13.8. The Morgan fingerprint density at radius 1 is 1.60 bits per heavy atom. The Morgan fingerprint density at radius 3 is 2.90 bits per heavy atom. The predicted molar refractivity (Wildman–Crippen MR) is 71.0 cm³/mol. The molecule has 1 amide bonds. The SMILES string of the molecule is CN(CC1CCCN1)C(=O)c1ccc([N+](=O)[O-])cc1F. The minimum atomic E-state index is -0.865. The Balaban J connectivity index is 2.09. The molecule has 0 radical (unpaired) electrons. The Hall–Kier alpha value is -2.02. The summed E-state index contributed by atoms with van der Waals surface area (Å²) >= 11 is 0. The zero-order valence-electron chi connectivity index (χ0n) is 11.1. The van der Waals surface area contributed by atoms with E-state index in [2.05, 4.69) is 5.32 Å². The van der Waals surface area contributed by atoms with Crippen molar-refractivity contribution >= 4 is 11.6 Å². The highest BCUT2D eigenvalue weighted by molar-refractivity contribution is 5.94. The average molecular weight is 281 g/mol. The fourth-order valence-electron chi connectivity index (χ4n) is 2.32. The highest BCUT2D eigenvalue weighted by Crippen LogP contribution is 2.18. The molecule has 1 N–H and O–H groups in total. The summed E-state index contributed by atoms with van der Waals surface area (Å²) in [5.41, 5.74) is -0.504. The first-order valence-electron chi connectivity index (χ1n) is 6.42. The number of benzene rings is 1. The van der Waals surface area contributed by atoms with Crippen LogP contribution in [0.3, 0.4) is 0 Å². The van der Waals surface area contributed by atoms with Crippen LogP contribution in [0, 0.1) is 15.9 Å². The lowest BCUT2D eigenvalue weighted by Gasteiger charge is -2.21. The molecular formula is C13H16FN3O3. The fraction of sp³-hybridized carbons (Fsp3) is 0.462. The van der Waals surface area contributed by atoms with E-state index in [1.807, 2.05) is 0 Å². The van der Waals surface area contributed by atoms with Gasteiger partial charge in [-0.05, 0) is 25.5 Å². The third-order valence-electron chi connectivity index (χ3n) is 3.40. The number of carbonyl (C=O) groups is 1. The first-order chi connectivity index (χ1) is 9.49. The number of hydrogen-bond acceptors (Lipinski definition) is 4. The van der Waals surface area contributed by atoms with Crippen LogP contribution in [0.5, 0.6) is 0 Å². The van der Waals surface area contributed by atoms with Gasteiger partial charge in [0.15, 0.2) is 0 Å². The van der Waals surface area contributed by atoms with E-state index >= 15 is 0 Å². The monoisotopic (exact) mass is 281 g/mol. The minimum Gasteiger partial charge on any atom is -0.340 e. The maximum absolute atomic E-state index is 13.8. The zero-order valence-corrected chi connectivity index (χ0v) is 11.1. The van der Waals surface area contributed by atoms with E-state index in [0.29, 0.717) is 6.54 Å². The first kappa shape index (κ1) is 14.4. The van der Waals surface area contributed by atoms with Crippen molar-refractivity contribution in [2.45, 2.75) is 18.9 Å². The lowest BCUT2D eigenvalue weighted by molar-refractivity contribution is -0.385. The quantitative estimate of drug-likeness (QED) is 0.671. The summed E-state index contributed by atoms with van der Waals surface area (Å²) < 4.78 is 13.8.